The number of hydrogen-bond acceptors (Lipinski definition) is 4. The molecule has 104 valence electrons. The van der Waals surface area contributed by atoms with Gasteiger partial charge in [0, 0.05) is 6.54 Å². The van der Waals surface area contributed by atoms with Crippen LogP contribution in [0, 0.1) is 5.41 Å². The first kappa shape index (κ1) is 14.0. The molecule has 1 aromatic heterocycles. The van der Waals surface area contributed by atoms with Gasteiger partial charge in [-0.2, -0.15) is 11.8 Å². The third kappa shape index (κ3) is 2.94. The normalized spacial score (nSPS) is 16.7. The average molecular weight is 283 g/mol. The number of rotatable bonds is 6. The molecule has 1 aromatic rings. The second kappa shape index (κ2) is 5.69. The third-order valence-electron chi connectivity index (χ3n) is 3.52. The van der Waals surface area contributed by atoms with E-state index in [-0.39, 0.29) is 18.2 Å². The van der Waals surface area contributed by atoms with Crippen molar-refractivity contribution >= 4 is 23.6 Å². The van der Waals surface area contributed by atoms with Crippen molar-refractivity contribution in [3.8, 4) is 0 Å². The van der Waals surface area contributed by atoms with Crippen LogP contribution in [0.4, 0.5) is 0 Å². The van der Waals surface area contributed by atoms with Gasteiger partial charge in [0.1, 0.15) is 5.76 Å². The molecule has 6 heteroatoms. The molecule has 1 heterocycles. The van der Waals surface area contributed by atoms with Crippen molar-refractivity contribution in [3.05, 3.63) is 23.7 Å². The van der Waals surface area contributed by atoms with Crippen LogP contribution in [0.1, 0.15) is 35.6 Å². The molecule has 0 aliphatic heterocycles. The van der Waals surface area contributed by atoms with E-state index in [4.69, 9.17) is 9.52 Å². The van der Waals surface area contributed by atoms with E-state index >= 15 is 0 Å². The molecule has 5 nitrogen and oxygen atoms in total. The van der Waals surface area contributed by atoms with Gasteiger partial charge < -0.3 is 14.8 Å². The van der Waals surface area contributed by atoms with Crippen molar-refractivity contribution < 1.29 is 19.1 Å². The average Bonchev–Trinajstić information content (AvgIpc) is 2.76. The zero-order valence-corrected chi connectivity index (χ0v) is 11.6. The molecule has 0 unspecified atom stereocenters. The van der Waals surface area contributed by atoms with Crippen LogP contribution in [0.3, 0.4) is 0 Å². The predicted octanol–water partition coefficient (Wildman–Crippen LogP) is 2.13. The van der Waals surface area contributed by atoms with Crippen molar-refractivity contribution in [2.45, 2.75) is 25.0 Å². The van der Waals surface area contributed by atoms with Crippen LogP contribution in [0.2, 0.25) is 0 Å². The topological polar surface area (TPSA) is 79.5 Å². The smallest absolute Gasteiger partial charge is 0.311 e. The van der Waals surface area contributed by atoms with E-state index in [9.17, 15) is 9.59 Å². The second-order valence-corrected chi connectivity index (χ2v) is 5.69. The van der Waals surface area contributed by atoms with Gasteiger partial charge in [0.25, 0.3) is 5.91 Å². The summed E-state index contributed by atoms with van der Waals surface area (Å²) in [6.07, 6.45) is 4.10. The molecule has 1 amide bonds. The molecule has 1 aliphatic carbocycles. The molecule has 0 radical (unpaired) electrons. The molecule has 1 saturated carbocycles. The Bertz CT molecular complexity index is 479. The lowest BCUT2D eigenvalue weighted by molar-refractivity contribution is -0.153. The van der Waals surface area contributed by atoms with Gasteiger partial charge in [-0.05, 0) is 31.2 Å². The quantitative estimate of drug-likeness (QED) is 0.836. The van der Waals surface area contributed by atoms with E-state index in [0.717, 1.165) is 12.2 Å². The molecular formula is C13H17NO4S. The van der Waals surface area contributed by atoms with Crippen LogP contribution in [0.5, 0.6) is 0 Å². The molecule has 0 aromatic carbocycles. The summed E-state index contributed by atoms with van der Waals surface area (Å²) < 4.78 is 5.38. The van der Waals surface area contributed by atoms with Crippen molar-refractivity contribution in [1.82, 2.24) is 5.32 Å². The van der Waals surface area contributed by atoms with E-state index < -0.39 is 11.4 Å². The molecule has 1 aliphatic rings. The van der Waals surface area contributed by atoms with E-state index in [1.165, 1.54) is 0 Å². The zero-order valence-electron chi connectivity index (χ0n) is 10.8. The molecule has 19 heavy (non-hydrogen) atoms. The molecule has 2 N–H and O–H groups in total. The lowest BCUT2D eigenvalue weighted by Gasteiger charge is -2.37. The van der Waals surface area contributed by atoms with Crippen molar-refractivity contribution in [2.24, 2.45) is 5.41 Å². The van der Waals surface area contributed by atoms with Crippen LogP contribution in [0.25, 0.3) is 0 Å². The van der Waals surface area contributed by atoms with Crippen molar-refractivity contribution in [3.63, 3.8) is 0 Å². The highest BCUT2D eigenvalue weighted by Gasteiger charge is 2.44. The molecule has 0 bridgehead atoms. The summed E-state index contributed by atoms with van der Waals surface area (Å²) >= 11 is 1.61. The number of aliphatic carboxylic acids is 1. The summed E-state index contributed by atoms with van der Waals surface area (Å²) in [5, 5.41) is 11.8. The number of thioether (sulfide) groups is 1. The summed E-state index contributed by atoms with van der Waals surface area (Å²) in [7, 11) is 0. The van der Waals surface area contributed by atoms with Gasteiger partial charge in [-0.3, -0.25) is 9.59 Å². The molecule has 2 rings (SSSR count). The summed E-state index contributed by atoms with van der Waals surface area (Å²) in [6.45, 7) is 0.166. The highest BCUT2D eigenvalue weighted by molar-refractivity contribution is 7.97. The molecule has 0 spiro atoms. The SMILES string of the molecule is CSCc1ccc(C(=O)NCC2(C(=O)O)CCC2)o1. The van der Waals surface area contributed by atoms with E-state index in [0.29, 0.717) is 18.6 Å². The molecule has 0 saturated heterocycles. The first-order valence-corrected chi connectivity index (χ1v) is 7.56. The zero-order chi connectivity index (χ0) is 13.9. The fraction of sp³-hybridized carbons (Fsp3) is 0.538. The van der Waals surface area contributed by atoms with Crippen LogP contribution >= 0.6 is 11.8 Å². The maximum absolute atomic E-state index is 11.9. The third-order valence-corrected chi connectivity index (χ3v) is 4.10. The number of carboxylic acid groups (broad SMARTS) is 1. The highest BCUT2D eigenvalue weighted by Crippen LogP contribution is 2.40. The number of hydrogen-bond donors (Lipinski definition) is 2. The first-order valence-electron chi connectivity index (χ1n) is 6.17. The lowest BCUT2D eigenvalue weighted by atomic mass is 9.69. The van der Waals surface area contributed by atoms with Crippen LogP contribution < -0.4 is 5.32 Å². The molecule has 1 fully saturated rings. The molecule has 0 atom stereocenters. The number of carbonyl (C=O) groups excluding carboxylic acids is 1. The largest absolute Gasteiger partial charge is 0.481 e. The fourth-order valence-corrected chi connectivity index (χ4v) is 2.57. The summed E-state index contributed by atoms with van der Waals surface area (Å²) in [4.78, 5) is 23.0. The fourth-order valence-electron chi connectivity index (χ4n) is 2.13. The minimum atomic E-state index is -0.832. The standard InChI is InChI=1S/C13H17NO4S/c1-19-7-9-3-4-10(18-9)11(15)14-8-13(12(16)17)5-2-6-13/h3-4H,2,5-8H2,1H3,(H,14,15)(H,16,17). The van der Waals surface area contributed by atoms with Gasteiger partial charge in [-0.25, -0.2) is 0 Å². The summed E-state index contributed by atoms with van der Waals surface area (Å²) in [6, 6.07) is 3.39. The summed E-state index contributed by atoms with van der Waals surface area (Å²) in [5.41, 5.74) is -0.773. The number of carbonyl (C=O) groups is 2. The minimum Gasteiger partial charge on any atom is -0.481 e. The van der Waals surface area contributed by atoms with Crippen molar-refractivity contribution in [2.75, 3.05) is 12.8 Å². The van der Waals surface area contributed by atoms with Crippen LogP contribution in [-0.4, -0.2) is 29.8 Å². The number of nitrogens with one attached hydrogen (secondary N) is 1. The number of carboxylic acids is 1. The van der Waals surface area contributed by atoms with Crippen LogP contribution in [0.15, 0.2) is 16.5 Å². The first-order chi connectivity index (χ1) is 9.07. The van der Waals surface area contributed by atoms with Crippen LogP contribution in [-0.2, 0) is 10.5 Å². The van der Waals surface area contributed by atoms with E-state index in [1.807, 2.05) is 6.26 Å². The van der Waals surface area contributed by atoms with Gasteiger partial charge in [-0.15, -0.1) is 0 Å². The number of amides is 1. The van der Waals surface area contributed by atoms with Gasteiger partial charge in [0.15, 0.2) is 5.76 Å². The van der Waals surface area contributed by atoms with Gasteiger partial charge in [-0.1, -0.05) is 6.42 Å². The Morgan fingerprint density at radius 1 is 1.47 bits per heavy atom. The lowest BCUT2D eigenvalue weighted by Crippen LogP contribution is -2.47. The Labute approximate surface area is 115 Å². The summed E-state index contributed by atoms with van der Waals surface area (Å²) in [5.74, 6) is 0.520. The maximum Gasteiger partial charge on any atom is 0.311 e. The molecular weight excluding hydrogens is 266 g/mol. The monoisotopic (exact) mass is 283 g/mol. The Kier molecular flexibility index (Phi) is 4.19. The Balaban J connectivity index is 1.91. The second-order valence-electron chi connectivity index (χ2n) is 4.82. The number of furan rings is 1. The van der Waals surface area contributed by atoms with Crippen molar-refractivity contribution in [1.29, 1.82) is 0 Å². The Morgan fingerprint density at radius 3 is 2.74 bits per heavy atom. The predicted molar refractivity (Wildman–Crippen MR) is 72.2 cm³/mol. The van der Waals surface area contributed by atoms with Gasteiger partial charge in [0.05, 0.1) is 11.2 Å². The van der Waals surface area contributed by atoms with Gasteiger partial charge in [0.2, 0.25) is 0 Å². The minimum absolute atomic E-state index is 0.166. The highest BCUT2D eigenvalue weighted by atomic mass is 32.2. The Hall–Kier alpha value is -1.43. The van der Waals surface area contributed by atoms with Gasteiger partial charge >= 0.3 is 5.97 Å². The van der Waals surface area contributed by atoms with E-state index in [1.54, 1.807) is 23.9 Å². The Morgan fingerprint density at radius 2 is 2.21 bits per heavy atom. The van der Waals surface area contributed by atoms with E-state index in [2.05, 4.69) is 5.32 Å². The maximum atomic E-state index is 11.9.